The summed E-state index contributed by atoms with van der Waals surface area (Å²) in [5.74, 6) is -0.00472. The highest BCUT2D eigenvalue weighted by atomic mass is 16.1. The minimum Gasteiger partial charge on any atom is -0.325 e. The summed E-state index contributed by atoms with van der Waals surface area (Å²) in [6, 6.07) is 0. The van der Waals surface area contributed by atoms with E-state index in [9.17, 15) is 4.79 Å². The van der Waals surface area contributed by atoms with E-state index in [1.807, 2.05) is 20.2 Å². The van der Waals surface area contributed by atoms with Crippen molar-refractivity contribution in [3.63, 3.8) is 0 Å². The fraction of sp³-hybridized carbons (Fsp3) is 0.667. The maximum atomic E-state index is 11.9. The zero-order valence-corrected chi connectivity index (χ0v) is 10.5. The first-order valence-corrected chi connectivity index (χ1v) is 6.14. The number of nitrogens with one attached hydrogen (secondary N) is 1. The first-order chi connectivity index (χ1) is 8.02. The monoisotopic (exact) mass is 236 g/mol. The molecule has 0 aliphatic heterocycles. The molecule has 0 radical (unpaired) electrons. The van der Waals surface area contributed by atoms with Gasteiger partial charge in [-0.2, -0.15) is 5.10 Å². The van der Waals surface area contributed by atoms with Crippen LogP contribution in [0.15, 0.2) is 6.20 Å². The van der Waals surface area contributed by atoms with Gasteiger partial charge in [-0.15, -0.1) is 0 Å². The standard InChI is InChI=1S/C12H20N4O/c1-3-9-10(8-16(2)15-9)14-11(17)7-12(13)5-4-6-12/h8H,3-7,13H2,1-2H3,(H,14,17). The Kier molecular flexibility index (Phi) is 3.19. The van der Waals surface area contributed by atoms with Gasteiger partial charge in [0.15, 0.2) is 0 Å². The minimum atomic E-state index is -0.265. The van der Waals surface area contributed by atoms with Crippen molar-refractivity contribution >= 4 is 11.6 Å². The molecule has 2 rings (SSSR count). The maximum absolute atomic E-state index is 11.9. The van der Waals surface area contributed by atoms with Gasteiger partial charge in [0, 0.05) is 25.2 Å². The van der Waals surface area contributed by atoms with Crippen LogP contribution in [0.3, 0.4) is 0 Å². The molecule has 94 valence electrons. The van der Waals surface area contributed by atoms with Gasteiger partial charge in [0.25, 0.3) is 0 Å². The molecule has 1 aliphatic rings. The fourth-order valence-electron chi connectivity index (χ4n) is 2.22. The Labute approximate surface area is 101 Å². The molecular weight excluding hydrogens is 216 g/mol. The quantitative estimate of drug-likeness (QED) is 0.824. The molecule has 1 amide bonds. The largest absolute Gasteiger partial charge is 0.325 e. The Morgan fingerprint density at radius 3 is 2.88 bits per heavy atom. The van der Waals surface area contributed by atoms with Crippen LogP contribution in [0.1, 0.15) is 38.3 Å². The average molecular weight is 236 g/mol. The van der Waals surface area contributed by atoms with Crippen molar-refractivity contribution in [2.75, 3.05) is 5.32 Å². The smallest absolute Gasteiger partial charge is 0.226 e. The van der Waals surface area contributed by atoms with Gasteiger partial charge < -0.3 is 11.1 Å². The molecule has 0 bridgehead atoms. The third-order valence-electron chi connectivity index (χ3n) is 3.38. The van der Waals surface area contributed by atoms with E-state index in [4.69, 9.17) is 5.73 Å². The number of anilines is 1. The number of rotatable bonds is 4. The van der Waals surface area contributed by atoms with Crippen LogP contribution in [-0.4, -0.2) is 21.2 Å². The average Bonchev–Trinajstić information content (AvgIpc) is 2.56. The molecule has 0 unspecified atom stereocenters. The fourth-order valence-corrected chi connectivity index (χ4v) is 2.22. The minimum absolute atomic E-state index is 0.00472. The van der Waals surface area contributed by atoms with E-state index < -0.39 is 0 Å². The lowest BCUT2D eigenvalue weighted by atomic mass is 9.75. The molecule has 1 aromatic rings. The topological polar surface area (TPSA) is 72.9 Å². The van der Waals surface area contributed by atoms with Gasteiger partial charge in [0.05, 0.1) is 11.4 Å². The van der Waals surface area contributed by atoms with Gasteiger partial charge in [0.1, 0.15) is 0 Å². The molecule has 1 aromatic heterocycles. The Hall–Kier alpha value is -1.36. The summed E-state index contributed by atoms with van der Waals surface area (Å²) >= 11 is 0. The third-order valence-corrected chi connectivity index (χ3v) is 3.38. The molecule has 1 heterocycles. The Morgan fingerprint density at radius 1 is 1.65 bits per heavy atom. The summed E-state index contributed by atoms with van der Waals surface area (Å²) in [5, 5.41) is 7.19. The van der Waals surface area contributed by atoms with Crippen molar-refractivity contribution in [2.45, 2.75) is 44.6 Å². The predicted octanol–water partition coefficient (Wildman–Crippen LogP) is 1.19. The van der Waals surface area contributed by atoms with E-state index in [0.717, 1.165) is 37.1 Å². The van der Waals surface area contributed by atoms with Crippen LogP contribution < -0.4 is 11.1 Å². The molecule has 0 aromatic carbocycles. The molecule has 17 heavy (non-hydrogen) atoms. The van der Waals surface area contributed by atoms with E-state index in [0.29, 0.717) is 6.42 Å². The summed E-state index contributed by atoms with van der Waals surface area (Å²) in [7, 11) is 1.85. The van der Waals surface area contributed by atoms with E-state index in [1.165, 1.54) is 0 Å². The van der Waals surface area contributed by atoms with Crippen molar-refractivity contribution < 1.29 is 4.79 Å². The summed E-state index contributed by atoms with van der Waals surface area (Å²) in [6.45, 7) is 2.02. The van der Waals surface area contributed by atoms with Crippen molar-refractivity contribution in [1.29, 1.82) is 0 Å². The molecule has 5 nitrogen and oxygen atoms in total. The maximum Gasteiger partial charge on any atom is 0.226 e. The lowest BCUT2D eigenvalue weighted by Crippen LogP contribution is -2.48. The molecule has 1 aliphatic carbocycles. The van der Waals surface area contributed by atoms with Crippen LogP contribution in [0.5, 0.6) is 0 Å². The first kappa shape index (κ1) is 12.1. The number of carbonyl (C=O) groups excluding carboxylic acids is 1. The number of nitrogens with two attached hydrogens (primary N) is 1. The molecule has 1 fully saturated rings. The van der Waals surface area contributed by atoms with E-state index in [1.54, 1.807) is 4.68 Å². The lowest BCUT2D eigenvalue weighted by molar-refractivity contribution is -0.118. The summed E-state index contributed by atoms with van der Waals surface area (Å²) in [4.78, 5) is 11.9. The number of aromatic nitrogens is 2. The summed E-state index contributed by atoms with van der Waals surface area (Å²) in [5.41, 5.74) is 7.51. The van der Waals surface area contributed by atoms with Crippen LogP contribution >= 0.6 is 0 Å². The van der Waals surface area contributed by atoms with Crippen molar-refractivity contribution in [1.82, 2.24) is 9.78 Å². The van der Waals surface area contributed by atoms with Gasteiger partial charge in [0.2, 0.25) is 5.91 Å². The lowest BCUT2D eigenvalue weighted by Gasteiger charge is -2.37. The number of carbonyl (C=O) groups is 1. The van der Waals surface area contributed by atoms with Gasteiger partial charge >= 0.3 is 0 Å². The van der Waals surface area contributed by atoms with E-state index in [2.05, 4.69) is 10.4 Å². The van der Waals surface area contributed by atoms with Crippen LogP contribution in [0.25, 0.3) is 0 Å². The summed E-state index contributed by atoms with van der Waals surface area (Å²) < 4.78 is 1.72. The number of nitrogens with zero attached hydrogens (tertiary/aromatic N) is 2. The second-order valence-corrected chi connectivity index (χ2v) is 4.96. The molecule has 0 saturated heterocycles. The molecule has 3 N–H and O–H groups in total. The number of amides is 1. The van der Waals surface area contributed by atoms with Crippen molar-refractivity contribution in [2.24, 2.45) is 12.8 Å². The predicted molar refractivity (Wildman–Crippen MR) is 66.6 cm³/mol. The van der Waals surface area contributed by atoms with Gasteiger partial charge in [-0.1, -0.05) is 6.92 Å². The third kappa shape index (κ3) is 2.66. The van der Waals surface area contributed by atoms with Gasteiger partial charge in [-0.05, 0) is 25.7 Å². The highest BCUT2D eigenvalue weighted by Crippen LogP contribution is 2.32. The van der Waals surface area contributed by atoms with E-state index >= 15 is 0 Å². The van der Waals surface area contributed by atoms with Crippen LogP contribution in [0, 0.1) is 0 Å². The zero-order chi connectivity index (χ0) is 12.5. The SMILES string of the molecule is CCc1nn(C)cc1NC(=O)CC1(N)CCC1. The van der Waals surface area contributed by atoms with Crippen molar-refractivity contribution in [3.05, 3.63) is 11.9 Å². The van der Waals surface area contributed by atoms with Crippen LogP contribution in [0.4, 0.5) is 5.69 Å². The molecular formula is C12H20N4O. The molecule has 5 heteroatoms. The second-order valence-electron chi connectivity index (χ2n) is 4.96. The highest BCUT2D eigenvalue weighted by Gasteiger charge is 2.34. The Morgan fingerprint density at radius 2 is 2.35 bits per heavy atom. The number of hydrogen-bond donors (Lipinski definition) is 2. The van der Waals surface area contributed by atoms with Crippen LogP contribution in [-0.2, 0) is 18.3 Å². The first-order valence-electron chi connectivity index (χ1n) is 6.14. The normalized spacial score (nSPS) is 17.6. The summed E-state index contributed by atoms with van der Waals surface area (Å²) in [6.07, 6.45) is 6.09. The van der Waals surface area contributed by atoms with Gasteiger partial charge in [-0.3, -0.25) is 9.48 Å². The zero-order valence-electron chi connectivity index (χ0n) is 10.5. The molecule has 1 saturated carbocycles. The molecule has 0 spiro atoms. The highest BCUT2D eigenvalue weighted by molar-refractivity contribution is 5.92. The molecule has 0 atom stereocenters. The Bertz CT molecular complexity index is 420. The number of aryl methyl sites for hydroxylation is 2. The Balaban J connectivity index is 1.97. The number of hydrogen-bond acceptors (Lipinski definition) is 3. The van der Waals surface area contributed by atoms with Crippen LogP contribution in [0.2, 0.25) is 0 Å². The second kappa shape index (κ2) is 4.49. The van der Waals surface area contributed by atoms with Gasteiger partial charge in [-0.25, -0.2) is 0 Å². The van der Waals surface area contributed by atoms with Crippen molar-refractivity contribution in [3.8, 4) is 0 Å². The van der Waals surface area contributed by atoms with E-state index in [-0.39, 0.29) is 11.4 Å².